The molecule has 3 heteroatoms. The molecule has 0 aromatic heterocycles. The monoisotopic (exact) mass is 241 g/mol. The molecule has 1 aliphatic heterocycles. The summed E-state index contributed by atoms with van der Waals surface area (Å²) in [6.45, 7) is 1.51. The van der Waals surface area contributed by atoms with Crippen LogP contribution in [0.25, 0.3) is 0 Å². The maximum absolute atomic E-state index is 8.82. The van der Waals surface area contributed by atoms with Crippen molar-refractivity contribution in [3.8, 4) is 0 Å². The lowest BCUT2D eigenvalue weighted by Gasteiger charge is -2.18. The van der Waals surface area contributed by atoms with Crippen LogP contribution in [0.2, 0.25) is 0 Å². The van der Waals surface area contributed by atoms with E-state index >= 15 is 0 Å². The standard InChI is InChI=1S/C6H12INO/c7-5-8-3-1-2-6(8)4-9/h6,9H,1-5H2/t6-/m1/s1. The van der Waals surface area contributed by atoms with E-state index in [0.29, 0.717) is 12.6 Å². The highest BCUT2D eigenvalue weighted by Gasteiger charge is 2.21. The van der Waals surface area contributed by atoms with E-state index < -0.39 is 0 Å². The number of aliphatic hydroxyl groups excluding tert-OH is 1. The van der Waals surface area contributed by atoms with Crippen LogP contribution in [-0.2, 0) is 0 Å². The second-order valence-electron chi connectivity index (χ2n) is 2.41. The van der Waals surface area contributed by atoms with Gasteiger partial charge < -0.3 is 5.11 Å². The topological polar surface area (TPSA) is 23.5 Å². The second-order valence-corrected chi connectivity index (χ2v) is 3.09. The van der Waals surface area contributed by atoms with Gasteiger partial charge in [0.1, 0.15) is 0 Å². The van der Waals surface area contributed by atoms with Crippen LogP contribution in [0.1, 0.15) is 12.8 Å². The van der Waals surface area contributed by atoms with Gasteiger partial charge in [-0.05, 0) is 19.4 Å². The number of nitrogens with zero attached hydrogens (tertiary/aromatic N) is 1. The van der Waals surface area contributed by atoms with Crippen molar-refractivity contribution in [1.82, 2.24) is 4.90 Å². The van der Waals surface area contributed by atoms with E-state index in [1.807, 2.05) is 0 Å². The van der Waals surface area contributed by atoms with Crippen LogP contribution in [0.15, 0.2) is 0 Å². The predicted molar refractivity (Wildman–Crippen MR) is 45.7 cm³/mol. The smallest absolute Gasteiger partial charge is 0.0587 e. The van der Waals surface area contributed by atoms with Crippen molar-refractivity contribution in [2.45, 2.75) is 18.9 Å². The number of aliphatic hydroxyl groups is 1. The van der Waals surface area contributed by atoms with Crippen molar-refractivity contribution in [1.29, 1.82) is 0 Å². The first-order chi connectivity index (χ1) is 4.38. The Hall–Kier alpha value is 0.650. The Balaban J connectivity index is 2.32. The Morgan fingerprint density at radius 3 is 2.89 bits per heavy atom. The van der Waals surface area contributed by atoms with E-state index in [2.05, 4.69) is 27.5 Å². The number of hydrogen-bond donors (Lipinski definition) is 1. The molecular weight excluding hydrogens is 229 g/mol. The second kappa shape index (κ2) is 3.73. The highest BCUT2D eigenvalue weighted by Crippen LogP contribution is 2.16. The molecule has 9 heavy (non-hydrogen) atoms. The number of halogens is 1. The fourth-order valence-electron chi connectivity index (χ4n) is 1.26. The third-order valence-electron chi connectivity index (χ3n) is 1.86. The third kappa shape index (κ3) is 1.78. The molecule has 1 rings (SSSR count). The van der Waals surface area contributed by atoms with Crippen molar-refractivity contribution in [2.24, 2.45) is 0 Å². The van der Waals surface area contributed by atoms with E-state index in [4.69, 9.17) is 5.11 Å². The summed E-state index contributed by atoms with van der Waals surface area (Å²) in [6.07, 6.45) is 2.44. The van der Waals surface area contributed by atoms with Gasteiger partial charge in [-0.2, -0.15) is 0 Å². The van der Waals surface area contributed by atoms with Gasteiger partial charge in [0, 0.05) is 6.04 Å². The average Bonchev–Trinajstić information content (AvgIpc) is 2.33. The van der Waals surface area contributed by atoms with Crippen molar-refractivity contribution in [3.63, 3.8) is 0 Å². The lowest BCUT2D eigenvalue weighted by Crippen LogP contribution is -2.30. The SMILES string of the molecule is OC[C@H]1CCCN1CI. The molecule has 0 unspecified atom stereocenters. The summed E-state index contributed by atoms with van der Waals surface area (Å²) in [4.78, 5) is 2.32. The summed E-state index contributed by atoms with van der Waals surface area (Å²) in [6, 6.07) is 0.460. The normalized spacial score (nSPS) is 29.3. The molecule has 1 fully saturated rings. The van der Waals surface area contributed by atoms with Gasteiger partial charge in [-0.1, -0.05) is 22.6 Å². The fraction of sp³-hybridized carbons (Fsp3) is 1.00. The van der Waals surface area contributed by atoms with E-state index in [1.54, 1.807) is 0 Å². The molecule has 54 valence electrons. The largest absolute Gasteiger partial charge is 0.395 e. The molecule has 0 amide bonds. The van der Waals surface area contributed by atoms with Crippen molar-refractivity contribution >= 4 is 22.6 Å². The first kappa shape index (κ1) is 7.75. The van der Waals surface area contributed by atoms with Gasteiger partial charge in [-0.15, -0.1) is 0 Å². The van der Waals surface area contributed by atoms with Crippen LogP contribution in [-0.4, -0.2) is 33.8 Å². The Morgan fingerprint density at radius 2 is 2.44 bits per heavy atom. The van der Waals surface area contributed by atoms with Gasteiger partial charge in [-0.3, -0.25) is 4.90 Å². The van der Waals surface area contributed by atoms with Crippen molar-refractivity contribution in [2.75, 3.05) is 17.7 Å². The first-order valence-electron chi connectivity index (χ1n) is 3.29. The molecule has 0 aromatic carbocycles. The van der Waals surface area contributed by atoms with Gasteiger partial charge in [0.2, 0.25) is 0 Å². The number of hydrogen-bond acceptors (Lipinski definition) is 2. The maximum atomic E-state index is 8.82. The van der Waals surface area contributed by atoms with Crippen LogP contribution in [0.4, 0.5) is 0 Å². The minimum atomic E-state index is 0.336. The number of rotatable bonds is 2. The van der Waals surface area contributed by atoms with Gasteiger partial charge in [-0.25, -0.2) is 0 Å². The zero-order valence-corrected chi connectivity index (χ0v) is 7.54. The number of alkyl halides is 1. The minimum Gasteiger partial charge on any atom is -0.395 e. The molecular formula is C6H12INO. The van der Waals surface area contributed by atoms with E-state index in [9.17, 15) is 0 Å². The van der Waals surface area contributed by atoms with Crippen LogP contribution < -0.4 is 0 Å². The summed E-state index contributed by atoms with van der Waals surface area (Å²) < 4.78 is 1.06. The molecule has 1 N–H and O–H groups in total. The van der Waals surface area contributed by atoms with Gasteiger partial charge in [0.25, 0.3) is 0 Å². The summed E-state index contributed by atoms with van der Waals surface area (Å²) in [5.74, 6) is 0. The van der Waals surface area contributed by atoms with E-state index in [1.165, 1.54) is 19.4 Å². The molecule has 1 aliphatic rings. The maximum Gasteiger partial charge on any atom is 0.0587 e. The van der Waals surface area contributed by atoms with E-state index in [0.717, 1.165) is 4.55 Å². The molecule has 0 aliphatic carbocycles. The van der Waals surface area contributed by atoms with Gasteiger partial charge in [0.15, 0.2) is 0 Å². The van der Waals surface area contributed by atoms with E-state index in [-0.39, 0.29) is 0 Å². The summed E-state index contributed by atoms with van der Waals surface area (Å²) in [5, 5.41) is 8.82. The summed E-state index contributed by atoms with van der Waals surface area (Å²) >= 11 is 2.34. The molecule has 0 bridgehead atoms. The van der Waals surface area contributed by atoms with Crippen LogP contribution in [0.3, 0.4) is 0 Å². The van der Waals surface area contributed by atoms with Crippen molar-refractivity contribution < 1.29 is 5.11 Å². The Morgan fingerprint density at radius 1 is 1.67 bits per heavy atom. The minimum absolute atomic E-state index is 0.336. The zero-order chi connectivity index (χ0) is 6.69. The summed E-state index contributed by atoms with van der Waals surface area (Å²) in [7, 11) is 0. The van der Waals surface area contributed by atoms with Gasteiger partial charge in [0.05, 0.1) is 11.2 Å². The van der Waals surface area contributed by atoms with Gasteiger partial charge >= 0.3 is 0 Å². The number of likely N-dealkylation sites (tertiary alicyclic amines) is 1. The molecule has 2 nitrogen and oxygen atoms in total. The predicted octanol–water partition coefficient (Wildman–Crippen LogP) is 0.836. The lowest BCUT2D eigenvalue weighted by molar-refractivity contribution is 0.179. The molecule has 1 saturated heterocycles. The summed E-state index contributed by atoms with van der Waals surface area (Å²) in [5.41, 5.74) is 0. The molecule has 1 atom stereocenters. The molecule has 1 heterocycles. The van der Waals surface area contributed by atoms with Crippen LogP contribution in [0.5, 0.6) is 0 Å². The Labute approximate surface area is 69.4 Å². The molecule has 0 saturated carbocycles. The first-order valence-corrected chi connectivity index (χ1v) is 4.82. The Kier molecular flexibility index (Phi) is 3.21. The highest BCUT2D eigenvalue weighted by atomic mass is 127. The van der Waals surface area contributed by atoms with Crippen LogP contribution in [0, 0.1) is 0 Å². The highest BCUT2D eigenvalue weighted by molar-refractivity contribution is 14.1. The lowest BCUT2D eigenvalue weighted by atomic mass is 10.2. The molecule has 0 aromatic rings. The average molecular weight is 241 g/mol. The Bertz CT molecular complexity index is 79.1. The molecule has 0 radical (unpaired) electrons. The quantitative estimate of drug-likeness (QED) is 0.440. The fourth-order valence-corrected chi connectivity index (χ4v) is 2.16. The van der Waals surface area contributed by atoms with Crippen molar-refractivity contribution in [3.05, 3.63) is 0 Å². The third-order valence-corrected chi connectivity index (χ3v) is 2.74. The van der Waals surface area contributed by atoms with Crippen LogP contribution >= 0.6 is 22.6 Å². The zero-order valence-electron chi connectivity index (χ0n) is 5.39. The molecule has 0 spiro atoms.